The van der Waals surface area contributed by atoms with E-state index in [0.29, 0.717) is 17.8 Å². The number of methoxy groups -OCH3 is 1. The highest BCUT2D eigenvalue weighted by molar-refractivity contribution is 5.85. The van der Waals surface area contributed by atoms with Crippen LogP contribution in [-0.2, 0) is 20.8 Å². The SMILES string of the molecule is CO[C@@H]1[C@H](O)[C@@H](COCc2cccc3ccccc23)O[C@H]1n1cnc2c(N)ncnc21. The number of ether oxygens (including phenoxy) is 3. The third-order valence-electron chi connectivity index (χ3n) is 5.67. The Morgan fingerprint density at radius 1 is 1.13 bits per heavy atom. The summed E-state index contributed by atoms with van der Waals surface area (Å²) in [4.78, 5) is 12.5. The molecule has 0 bridgehead atoms. The van der Waals surface area contributed by atoms with Crippen LogP contribution in [0.15, 0.2) is 55.1 Å². The Morgan fingerprint density at radius 2 is 1.97 bits per heavy atom. The number of fused-ring (bicyclic) bond motifs is 2. The molecule has 3 heterocycles. The van der Waals surface area contributed by atoms with Crippen molar-refractivity contribution in [2.24, 2.45) is 0 Å². The molecule has 0 amide bonds. The van der Waals surface area contributed by atoms with Crippen LogP contribution in [0.25, 0.3) is 21.9 Å². The van der Waals surface area contributed by atoms with Gasteiger partial charge in [-0.1, -0.05) is 42.5 Å². The van der Waals surface area contributed by atoms with E-state index in [1.165, 1.54) is 13.4 Å². The van der Waals surface area contributed by atoms with Crippen molar-refractivity contribution in [3.63, 3.8) is 0 Å². The van der Waals surface area contributed by atoms with Crippen LogP contribution in [0.1, 0.15) is 11.8 Å². The Labute approximate surface area is 178 Å². The fraction of sp³-hybridized carbons (Fsp3) is 0.318. The van der Waals surface area contributed by atoms with Crippen molar-refractivity contribution in [1.82, 2.24) is 19.5 Å². The molecular weight excluding hydrogens is 398 g/mol. The van der Waals surface area contributed by atoms with Gasteiger partial charge in [0, 0.05) is 7.11 Å². The summed E-state index contributed by atoms with van der Waals surface area (Å²) in [5.74, 6) is 0.284. The molecule has 9 nitrogen and oxygen atoms in total. The summed E-state index contributed by atoms with van der Waals surface area (Å²) in [5, 5.41) is 13.1. The van der Waals surface area contributed by atoms with Crippen LogP contribution in [-0.4, -0.2) is 56.7 Å². The molecular formula is C22H23N5O4. The number of imidazole rings is 1. The molecule has 3 N–H and O–H groups in total. The Morgan fingerprint density at radius 3 is 2.84 bits per heavy atom. The second kappa shape index (κ2) is 8.20. The summed E-state index contributed by atoms with van der Waals surface area (Å²) in [7, 11) is 1.53. The Hall–Kier alpha value is -3.11. The second-order valence-electron chi connectivity index (χ2n) is 7.49. The van der Waals surface area contributed by atoms with Crippen molar-refractivity contribution in [2.75, 3.05) is 19.5 Å². The molecule has 0 radical (unpaired) electrons. The topological polar surface area (TPSA) is 118 Å². The number of aromatic nitrogens is 4. The first-order chi connectivity index (χ1) is 15.2. The number of aliphatic hydroxyl groups excluding tert-OH is 1. The highest BCUT2D eigenvalue weighted by Gasteiger charge is 2.45. The van der Waals surface area contributed by atoms with Gasteiger partial charge in [-0.25, -0.2) is 15.0 Å². The molecule has 1 fully saturated rings. The molecule has 1 aliphatic heterocycles. The smallest absolute Gasteiger partial charge is 0.167 e. The maximum absolute atomic E-state index is 10.8. The number of aliphatic hydroxyl groups is 1. The zero-order chi connectivity index (χ0) is 21.4. The molecule has 9 heteroatoms. The fourth-order valence-corrected chi connectivity index (χ4v) is 4.09. The van der Waals surface area contributed by atoms with Gasteiger partial charge < -0.3 is 25.1 Å². The van der Waals surface area contributed by atoms with Gasteiger partial charge in [0.25, 0.3) is 0 Å². The first-order valence-corrected chi connectivity index (χ1v) is 10.0. The number of nitrogens with zero attached hydrogens (tertiary/aromatic N) is 4. The van der Waals surface area contributed by atoms with E-state index in [4.69, 9.17) is 19.9 Å². The molecule has 4 aromatic rings. The van der Waals surface area contributed by atoms with Gasteiger partial charge in [0.1, 0.15) is 30.2 Å². The van der Waals surface area contributed by atoms with E-state index in [-0.39, 0.29) is 12.4 Å². The normalized spacial score (nSPS) is 23.7. The third kappa shape index (κ3) is 3.51. The van der Waals surface area contributed by atoms with Crippen LogP contribution in [0.2, 0.25) is 0 Å². The zero-order valence-corrected chi connectivity index (χ0v) is 17.0. The van der Waals surface area contributed by atoms with Crippen molar-refractivity contribution in [3.8, 4) is 0 Å². The summed E-state index contributed by atoms with van der Waals surface area (Å²) < 4.78 is 19.3. The summed E-state index contributed by atoms with van der Waals surface area (Å²) in [6, 6.07) is 14.3. The number of hydrogen-bond donors (Lipinski definition) is 2. The first-order valence-electron chi connectivity index (χ1n) is 10.0. The van der Waals surface area contributed by atoms with Gasteiger partial charge in [0.2, 0.25) is 0 Å². The van der Waals surface area contributed by atoms with E-state index in [1.54, 1.807) is 10.9 Å². The van der Waals surface area contributed by atoms with E-state index in [0.717, 1.165) is 16.3 Å². The first kappa shape index (κ1) is 19.8. The van der Waals surface area contributed by atoms with E-state index >= 15 is 0 Å². The molecule has 2 aromatic heterocycles. The summed E-state index contributed by atoms with van der Waals surface area (Å²) in [6.07, 6.45) is 0.262. The van der Waals surface area contributed by atoms with Gasteiger partial charge in [0.15, 0.2) is 17.7 Å². The van der Waals surface area contributed by atoms with E-state index in [1.807, 2.05) is 24.3 Å². The number of anilines is 1. The minimum absolute atomic E-state index is 0.213. The average Bonchev–Trinajstić information content (AvgIpc) is 3.35. The van der Waals surface area contributed by atoms with Crippen molar-refractivity contribution in [1.29, 1.82) is 0 Å². The van der Waals surface area contributed by atoms with Gasteiger partial charge >= 0.3 is 0 Å². The van der Waals surface area contributed by atoms with Crippen LogP contribution >= 0.6 is 0 Å². The number of nitrogens with two attached hydrogens (primary N) is 1. The molecule has 5 rings (SSSR count). The van der Waals surface area contributed by atoms with Gasteiger partial charge in [-0.05, 0) is 16.3 Å². The number of hydrogen-bond acceptors (Lipinski definition) is 8. The van der Waals surface area contributed by atoms with Crippen LogP contribution in [0.3, 0.4) is 0 Å². The molecule has 0 unspecified atom stereocenters. The summed E-state index contributed by atoms with van der Waals surface area (Å²) in [6.45, 7) is 0.624. The Kier molecular flexibility index (Phi) is 5.24. The number of nitrogen functional groups attached to an aromatic ring is 1. The Bertz CT molecular complexity index is 1210. The monoisotopic (exact) mass is 421 g/mol. The molecule has 1 saturated heterocycles. The largest absolute Gasteiger partial charge is 0.387 e. The van der Waals surface area contributed by atoms with Crippen LogP contribution in [0.4, 0.5) is 5.82 Å². The lowest BCUT2D eigenvalue weighted by Gasteiger charge is -2.19. The minimum Gasteiger partial charge on any atom is -0.387 e. The van der Waals surface area contributed by atoms with E-state index in [9.17, 15) is 5.11 Å². The minimum atomic E-state index is -0.876. The number of benzene rings is 2. The van der Waals surface area contributed by atoms with Crippen LogP contribution in [0, 0.1) is 0 Å². The lowest BCUT2D eigenvalue weighted by atomic mass is 10.1. The molecule has 2 aromatic carbocycles. The third-order valence-corrected chi connectivity index (χ3v) is 5.67. The Balaban J connectivity index is 1.32. The molecule has 160 valence electrons. The predicted molar refractivity (Wildman–Crippen MR) is 114 cm³/mol. The molecule has 4 atom stereocenters. The van der Waals surface area contributed by atoms with E-state index in [2.05, 4.69) is 33.2 Å². The fourth-order valence-electron chi connectivity index (χ4n) is 4.09. The summed E-state index contributed by atoms with van der Waals surface area (Å²) >= 11 is 0. The molecule has 0 aliphatic carbocycles. The molecule has 0 spiro atoms. The average molecular weight is 421 g/mol. The van der Waals surface area contributed by atoms with Crippen molar-refractivity contribution in [2.45, 2.75) is 31.1 Å². The van der Waals surface area contributed by atoms with Gasteiger partial charge in [-0.2, -0.15) is 0 Å². The van der Waals surface area contributed by atoms with Crippen LogP contribution < -0.4 is 5.73 Å². The predicted octanol–water partition coefficient (Wildman–Crippen LogP) is 2.05. The maximum Gasteiger partial charge on any atom is 0.167 e. The van der Waals surface area contributed by atoms with Crippen molar-refractivity contribution in [3.05, 3.63) is 60.7 Å². The lowest BCUT2D eigenvalue weighted by molar-refractivity contribution is -0.0710. The highest BCUT2D eigenvalue weighted by atomic mass is 16.6. The second-order valence-corrected chi connectivity index (χ2v) is 7.49. The van der Waals surface area contributed by atoms with Crippen molar-refractivity contribution < 1.29 is 19.3 Å². The standard InChI is InChI=1S/C22H23N5O4/c1-29-19-18(28)16(10-30-9-14-7-4-6-13-5-2-3-8-15(13)14)31-22(19)27-12-26-17-20(23)24-11-25-21(17)27/h2-8,11-12,16,18-19,22,28H,9-10H2,1H3,(H2,23,24,25)/t16-,18-,19-,22-/m1/s1. The number of rotatable bonds is 6. The zero-order valence-electron chi connectivity index (χ0n) is 17.0. The lowest BCUT2D eigenvalue weighted by Crippen LogP contribution is -2.35. The maximum atomic E-state index is 10.8. The molecule has 31 heavy (non-hydrogen) atoms. The highest BCUT2D eigenvalue weighted by Crippen LogP contribution is 2.34. The van der Waals surface area contributed by atoms with E-state index < -0.39 is 24.5 Å². The quantitative estimate of drug-likeness (QED) is 0.486. The van der Waals surface area contributed by atoms with Gasteiger partial charge in [0.05, 0.1) is 19.5 Å². The molecule has 1 aliphatic rings. The van der Waals surface area contributed by atoms with Gasteiger partial charge in [-0.15, -0.1) is 0 Å². The van der Waals surface area contributed by atoms with Crippen LogP contribution in [0.5, 0.6) is 0 Å². The molecule has 0 saturated carbocycles. The summed E-state index contributed by atoms with van der Waals surface area (Å²) in [5.41, 5.74) is 7.96. The van der Waals surface area contributed by atoms with Gasteiger partial charge in [-0.3, -0.25) is 4.57 Å². The van der Waals surface area contributed by atoms with Crippen molar-refractivity contribution >= 4 is 27.8 Å².